The van der Waals surface area contributed by atoms with Crippen molar-refractivity contribution >= 4 is 32.9 Å². The van der Waals surface area contributed by atoms with E-state index in [1.807, 2.05) is 0 Å². The fourth-order valence-electron chi connectivity index (χ4n) is 3.43. The maximum absolute atomic E-state index is 3.54. The monoisotopic (exact) mass is 447 g/mol. The summed E-state index contributed by atoms with van der Waals surface area (Å²) in [6.07, 6.45) is 7.35. The molecule has 2 nitrogen and oxygen atoms in total. The Morgan fingerprint density at radius 2 is 1.62 bits per heavy atom. The largest absolute Gasteiger partial charge is 0.262 e. The summed E-state index contributed by atoms with van der Waals surface area (Å²) in [6, 6.07) is 19.3. The van der Waals surface area contributed by atoms with Crippen LogP contribution in [0.3, 0.4) is 0 Å². The van der Waals surface area contributed by atoms with Crippen molar-refractivity contribution in [2.45, 2.75) is 32.2 Å². The van der Waals surface area contributed by atoms with Crippen molar-refractivity contribution in [1.82, 2.24) is 4.57 Å². The van der Waals surface area contributed by atoms with Crippen LogP contribution in [0.5, 0.6) is 0 Å². The molecule has 0 saturated heterocycles. The molecular weight excluding hydrogens is 428 g/mol. The van der Waals surface area contributed by atoms with E-state index in [0.29, 0.717) is 0 Å². The molecule has 0 fully saturated rings. The Kier molecular flexibility index (Phi) is 5.57. The summed E-state index contributed by atoms with van der Waals surface area (Å²) in [5.74, 6) is 1.42. The van der Waals surface area contributed by atoms with E-state index in [2.05, 4.69) is 85.9 Å². The topological polar surface area (TPSA) is 8.81 Å². The summed E-state index contributed by atoms with van der Waals surface area (Å²) in [7, 11) is 0. The molecule has 2 aromatic carbocycles. The average Bonchev–Trinajstić information content (AvgIpc) is 2.79. The van der Waals surface area contributed by atoms with Gasteiger partial charge in [-0.2, -0.15) is 4.57 Å². The van der Waals surface area contributed by atoms with Crippen molar-refractivity contribution in [3.8, 4) is 16.9 Å². The molecule has 2 heterocycles. The van der Waals surface area contributed by atoms with Crippen LogP contribution in [0.15, 0.2) is 65.3 Å². The molecule has 4 heteroatoms. The maximum Gasteiger partial charge on any atom is 0.262 e. The SMILES string of the molecule is Br.Brc1ccc(-c2c[n+]3c(n2-c2ccccc2)CCCCC3)cc1. The van der Waals surface area contributed by atoms with Crippen LogP contribution >= 0.6 is 32.9 Å². The van der Waals surface area contributed by atoms with Crippen LogP contribution < -0.4 is 4.57 Å². The highest BCUT2D eigenvalue weighted by atomic mass is 79.9. The molecule has 24 heavy (non-hydrogen) atoms. The fourth-order valence-corrected chi connectivity index (χ4v) is 3.69. The molecule has 0 N–H and O–H groups in total. The quantitative estimate of drug-likeness (QED) is 0.457. The van der Waals surface area contributed by atoms with Gasteiger partial charge in [0, 0.05) is 16.5 Å². The minimum absolute atomic E-state index is 0. The smallest absolute Gasteiger partial charge is 0.233 e. The van der Waals surface area contributed by atoms with Gasteiger partial charge in [0.25, 0.3) is 5.82 Å². The van der Waals surface area contributed by atoms with Crippen molar-refractivity contribution in [1.29, 1.82) is 0 Å². The fraction of sp³-hybridized carbons (Fsp3) is 0.250. The molecule has 0 saturated carbocycles. The first kappa shape index (κ1) is 17.4. The van der Waals surface area contributed by atoms with Crippen molar-refractivity contribution in [2.24, 2.45) is 0 Å². The number of imidazole rings is 1. The zero-order chi connectivity index (χ0) is 15.6. The summed E-state index contributed by atoms with van der Waals surface area (Å²) in [6.45, 7) is 1.12. The van der Waals surface area contributed by atoms with E-state index in [4.69, 9.17) is 0 Å². The lowest BCUT2D eigenvalue weighted by molar-refractivity contribution is -0.702. The van der Waals surface area contributed by atoms with Gasteiger partial charge < -0.3 is 0 Å². The summed E-state index contributed by atoms with van der Waals surface area (Å²) in [5, 5.41) is 0. The van der Waals surface area contributed by atoms with Crippen molar-refractivity contribution < 1.29 is 4.57 Å². The van der Waals surface area contributed by atoms with E-state index >= 15 is 0 Å². The zero-order valence-electron chi connectivity index (χ0n) is 13.5. The number of halogens is 2. The highest BCUT2D eigenvalue weighted by Gasteiger charge is 2.26. The predicted molar refractivity (Wildman–Crippen MR) is 107 cm³/mol. The minimum Gasteiger partial charge on any atom is -0.233 e. The molecule has 124 valence electrons. The van der Waals surface area contributed by atoms with Gasteiger partial charge in [-0.15, -0.1) is 17.0 Å². The number of hydrogen-bond donors (Lipinski definition) is 0. The van der Waals surface area contributed by atoms with Crippen LogP contribution in [0.1, 0.15) is 25.1 Å². The molecule has 0 atom stereocenters. The lowest BCUT2D eigenvalue weighted by Gasteiger charge is -2.05. The van der Waals surface area contributed by atoms with Gasteiger partial charge in [0.15, 0.2) is 5.69 Å². The van der Waals surface area contributed by atoms with Crippen LogP contribution in [-0.2, 0) is 13.0 Å². The lowest BCUT2D eigenvalue weighted by atomic mass is 10.1. The third kappa shape index (κ3) is 3.35. The number of rotatable bonds is 2. The first-order valence-electron chi connectivity index (χ1n) is 8.28. The van der Waals surface area contributed by atoms with Gasteiger partial charge in [-0.25, -0.2) is 4.57 Å². The molecule has 1 aromatic heterocycles. The highest BCUT2D eigenvalue weighted by molar-refractivity contribution is 9.10. The summed E-state index contributed by atoms with van der Waals surface area (Å²) in [5.41, 5.74) is 3.79. The van der Waals surface area contributed by atoms with E-state index in [1.54, 1.807) is 0 Å². The Morgan fingerprint density at radius 1 is 0.875 bits per heavy atom. The standard InChI is InChI=1S/C20H20BrN2.BrH/c21-17-12-10-16(11-13-17)19-15-22-14-6-2-5-9-20(22)23(19)18-7-3-1-4-8-18;/h1,3-4,7-8,10-13,15H,2,5-6,9,14H2;1H/q+1;. The summed E-state index contributed by atoms with van der Waals surface area (Å²) in [4.78, 5) is 0. The Balaban J connectivity index is 0.00000169. The molecule has 4 rings (SSSR count). The second kappa shape index (κ2) is 7.66. The van der Waals surface area contributed by atoms with Gasteiger partial charge in [-0.05, 0) is 55.7 Å². The summed E-state index contributed by atoms with van der Waals surface area (Å²) >= 11 is 3.54. The van der Waals surface area contributed by atoms with Crippen LogP contribution in [0.2, 0.25) is 0 Å². The Bertz CT molecular complexity index is 808. The lowest BCUT2D eigenvalue weighted by Crippen LogP contribution is -2.35. The molecule has 0 radical (unpaired) electrons. The van der Waals surface area contributed by atoms with Gasteiger partial charge in [-0.3, -0.25) is 0 Å². The van der Waals surface area contributed by atoms with Crippen molar-refractivity contribution in [3.63, 3.8) is 0 Å². The average molecular weight is 449 g/mol. The minimum atomic E-state index is 0. The highest BCUT2D eigenvalue weighted by Crippen LogP contribution is 2.27. The Labute approximate surface area is 162 Å². The number of aromatic nitrogens is 2. The van der Waals surface area contributed by atoms with Crippen LogP contribution in [0, 0.1) is 0 Å². The maximum atomic E-state index is 3.54. The predicted octanol–water partition coefficient (Wildman–Crippen LogP) is 5.50. The molecule has 0 amide bonds. The zero-order valence-corrected chi connectivity index (χ0v) is 16.8. The first-order valence-corrected chi connectivity index (χ1v) is 9.08. The molecule has 0 aliphatic carbocycles. The molecule has 3 aromatic rings. The van der Waals surface area contributed by atoms with Gasteiger partial charge in [0.1, 0.15) is 11.9 Å². The Hall–Kier alpha value is -1.39. The van der Waals surface area contributed by atoms with Gasteiger partial charge in [-0.1, -0.05) is 34.1 Å². The molecule has 0 bridgehead atoms. The van der Waals surface area contributed by atoms with Gasteiger partial charge in [0.05, 0.1) is 6.54 Å². The van der Waals surface area contributed by atoms with Crippen LogP contribution in [-0.4, -0.2) is 4.57 Å². The Morgan fingerprint density at radius 3 is 2.38 bits per heavy atom. The van der Waals surface area contributed by atoms with E-state index in [1.165, 1.54) is 42.0 Å². The number of hydrogen-bond acceptors (Lipinski definition) is 0. The van der Waals surface area contributed by atoms with E-state index in [9.17, 15) is 0 Å². The molecule has 0 unspecified atom stereocenters. The second-order valence-electron chi connectivity index (χ2n) is 6.11. The summed E-state index contributed by atoms with van der Waals surface area (Å²) < 4.78 is 6.01. The molecular formula is C20H21Br2N2+. The number of aryl methyl sites for hydroxylation is 1. The number of nitrogens with zero attached hydrogens (tertiary/aromatic N) is 2. The van der Waals surface area contributed by atoms with Gasteiger partial charge in [0.2, 0.25) is 0 Å². The molecule has 1 aliphatic heterocycles. The third-order valence-electron chi connectivity index (χ3n) is 4.56. The van der Waals surface area contributed by atoms with E-state index in [0.717, 1.165) is 17.4 Å². The molecule has 1 aliphatic rings. The normalized spacial score (nSPS) is 13.7. The van der Waals surface area contributed by atoms with Crippen LogP contribution in [0.25, 0.3) is 16.9 Å². The van der Waals surface area contributed by atoms with E-state index < -0.39 is 0 Å². The number of para-hydroxylation sites is 1. The van der Waals surface area contributed by atoms with Crippen molar-refractivity contribution in [2.75, 3.05) is 0 Å². The first-order chi connectivity index (χ1) is 11.3. The van der Waals surface area contributed by atoms with Crippen molar-refractivity contribution in [3.05, 3.63) is 71.1 Å². The second-order valence-corrected chi connectivity index (χ2v) is 7.03. The number of fused-ring (bicyclic) bond motifs is 1. The third-order valence-corrected chi connectivity index (χ3v) is 5.09. The number of benzene rings is 2. The van der Waals surface area contributed by atoms with Gasteiger partial charge >= 0.3 is 0 Å². The van der Waals surface area contributed by atoms with E-state index in [-0.39, 0.29) is 17.0 Å². The molecule has 0 spiro atoms. The van der Waals surface area contributed by atoms with Crippen LogP contribution in [0.4, 0.5) is 0 Å².